The number of ether oxygens (including phenoxy) is 2. The summed E-state index contributed by atoms with van der Waals surface area (Å²) in [6, 6.07) is 5.18. The second kappa shape index (κ2) is 7.98. The van der Waals surface area contributed by atoms with Gasteiger partial charge in [-0.25, -0.2) is 0 Å². The number of rotatable bonds is 4. The largest absolute Gasteiger partial charge is 0.493 e. The fourth-order valence-corrected chi connectivity index (χ4v) is 3.31. The van der Waals surface area contributed by atoms with E-state index in [-0.39, 0.29) is 29.8 Å². The third-order valence-electron chi connectivity index (χ3n) is 4.44. The summed E-state index contributed by atoms with van der Waals surface area (Å²) in [5.74, 6) is -0.109. The van der Waals surface area contributed by atoms with Gasteiger partial charge in [-0.15, -0.1) is 12.4 Å². The molecule has 1 amide bonds. The third kappa shape index (κ3) is 4.08. The first kappa shape index (κ1) is 18.7. The highest BCUT2D eigenvalue weighted by atomic mass is 35.5. The van der Waals surface area contributed by atoms with Crippen molar-refractivity contribution in [3.8, 4) is 11.5 Å². The summed E-state index contributed by atoms with van der Waals surface area (Å²) in [6.45, 7) is -1.65. The molecule has 0 aromatic heterocycles. The molecule has 0 saturated carbocycles. The standard InChI is InChI=1S/C16H20F2N2O3.ClH/c1-22-13-5-2-10(8-14(13)23-16(17)18)15(21)20-7-6-11-3-4-12(9-20)19-11;/h2,5,8,11-12,16,19H,3-4,6-7,9H2,1H3;1H. The van der Waals surface area contributed by atoms with Crippen LogP contribution in [-0.2, 0) is 0 Å². The summed E-state index contributed by atoms with van der Waals surface area (Å²) in [7, 11) is 1.37. The van der Waals surface area contributed by atoms with Gasteiger partial charge in [-0.1, -0.05) is 0 Å². The molecule has 1 aromatic rings. The molecule has 1 aromatic carbocycles. The van der Waals surface area contributed by atoms with Gasteiger partial charge in [-0.2, -0.15) is 8.78 Å². The molecule has 2 unspecified atom stereocenters. The average molecular weight is 363 g/mol. The van der Waals surface area contributed by atoms with Crippen molar-refractivity contribution >= 4 is 18.3 Å². The summed E-state index contributed by atoms with van der Waals surface area (Å²) < 4.78 is 34.4. The van der Waals surface area contributed by atoms with Gasteiger partial charge in [0, 0.05) is 30.7 Å². The molecule has 8 heteroatoms. The molecule has 5 nitrogen and oxygen atoms in total. The molecule has 134 valence electrons. The summed E-state index contributed by atoms with van der Waals surface area (Å²) in [5.41, 5.74) is 0.333. The van der Waals surface area contributed by atoms with E-state index in [0.29, 0.717) is 30.7 Å². The maximum Gasteiger partial charge on any atom is 0.387 e. The molecule has 0 aliphatic carbocycles. The number of methoxy groups -OCH3 is 1. The number of benzene rings is 1. The summed E-state index contributed by atoms with van der Waals surface area (Å²) >= 11 is 0. The Morgan fingerprint density at radius 3 is 2.71 bits per heavy atom. The van der Waals surface area contributed by atoms with E-state index < -0.39 is 6.61 Å². The lowest BCUT2D eigenvalue weighted by molar-refractivity contribution is -0.0512. The van der Waals surface area contributed by atoms with Gasteiger partial charge < -0.3 is 19.7 Å². The van der Waals surface area contributed by atoms with Gasteiger partial charge in [0.15, 0.2) is 11.5 Å². The Kier molecular flexibility index (Phi) is 6.23. The number of halogens is 3. The zero-order chi connectivity index (χ0) is 16.4. The Morgan fingerprint density at radius 1 is 1.25 bits per heavy atom. The highest BCUT2D eigenvalue weighted by Gasteiger charge is 2.31. The van der Waals surface area contributed by atoms with Crippen LogP contribution >= 0.6 is 12.4 Å². The average Bonchev–Trinajstić information content (AvgIpc) is 2.85. The van der Waals surface area contributed by atoms with Crippen molar-refractivity contribution in [3.05, 3.63) is 23.8 Å². The number of nitrogens with one attached hydrogen (secondary N) is 1. The van der Waals surface area contributed by atoms with Crippen LogP contribution in [0.1, 0.15) is 29.6 Å². The lowest BCUT2D eigenvalue weighted by atomic mass is 10.1. The summed E-state index contributed by atoms with van der Waals surface area (Å²) in [5, 5.41) is 3.51. The number of hydrogen-bond acceptors (Lipinski definition) is 4. The minimum atomic E-state index is -2.97. The van der Waals surface area contributed by atoms with Crippen molar-refractivity contribution in [1.82, 2.24) is 10.2 Å². The Bertz CT molecular complexity index is 588. The Morgan fingerprint density at radius 2 is 2.00 bits per heavy atom. The molecule has 2 aliphatic rings. The molecule has 2 atom stereocenters. The second-order valence-corrected chi connectivity index (χ2v) is 5.92. The topological polar surface area (TPSA) is 50.8 Å². The Labute approximate surface area is 145 Å². The van der Waals surface area contributed by atoms with Crippen LogP contribution in [0, 0.1) is 0 Å². The maximum atomic E-state index is 12.7. The first-order valence-corrected chi connectivity index (χ1v) is 7.75. The van der Waals surface area contributed by atoms with Crippen molar-refractivity contribution in [3.63, 3.8) is 0 Å². The highest BCUT2D eigenvalue weighted by molar-refractivity contribution is 5.95. The molecule has 2 aliphatic heterocycles. The number of amides is 1. The fourth-order valence-electron chi connectivity index (χ4n) is 3.31. The van der Waals surface area contributed by atoms with Crippen LogP contribution in [0.3, 0.4) is 0 Å². The van der Waals surface area contributed by atoms with Gasteiger partial charge in [0.05, 0.1) is 7.11 Å². The van der Waals surface area contributed by atoms with Crippen LogP contribution in [0.2, 0.25) is 0 Å². The second-order valence-electron chi connectivity index (χ2n) is 5.92. The Balaban J connectivity index is 0.00000208. The van der Waals surface area contributed by atoms with E-state index in [4.69, 9.17) is 4.74 Å². The lowest BCUT2D eigenvalue weighted by Gasteiger charge is -2.24. The quantitative estimate of drug-likeness (QED) is 0.894. The molecule has 0 spiro atoms. The van der Waals surface area contributed by atoms with Crippen LogP contribution in [0.15, 0.2) is 18.2 Å². The molecule has 2 heterocycles. The van der Waals surface area contributed by atoms with Crippen LogP contribution in [0.4, 0.5) is 8.78 Å². The maximum absolute atomic E-state index is 12.7. The number of carbonyl (C=O) groups excluding carboxylic acids is 1. The van der Waals surface area contributed by atoms with Gasteiger partial charge >= 0.3 is 6.61 Å². The van der Waals surface area contributed by atoms with Crippen molar-refractivity contribution < 1.29 is 23.0 Å². The number of alkyl halides is 2. The van der Waals surface area contributed by atoms with Gasteiger partial charge in [0.25, 0.3) is 5.91 Å². The van der Waals surface area contributed by atoms with Crippen molar-refractivity contribution in [2.75, 3.05) is 20.2 Å². The molecule has 24 heavy (non-hydrogen) atoms. The van der Waals surface area contributed by atoms with Crippen LogP contribution in [-0.4, -0.2) is 49.7 Å². The van der Waals surface area contributed by atoms with E-state index in [1.54, 1.807) is 11.0 Å². The number of hydrogen-bond donors (Lipinski definition) is 1. The third-order valence-corrected chi connectivity index (χ3v) is 4.44. The summed E-state index contributed by atoms with van der Waals surface area (Å²) in [4.78, 5) is 14.5. The molecule has 2 bridgehead atoms. The molecular weight excluding hydrogens is 342 g/mol. The number of carbonyl (C=O) groups is 1. The van der Waals surface area contributed by atoms with E-state index in [9.17, 15) is 13.6 Å². The van der Waals surface area contributed by atoms with Gasteiger partial charge in [-0.3, -0.25) is 4.79 Å². The van der Waals surface area contributed by atoms with E-state index in [0.717, 1.165) is 19.3 Å². The highest BCUT2D eigenvalue weighted by Crippen LogP contribution is 2.30. The Hall–Kier alpha value is -1.60. The first-order valence-electron chi connectivity index (χ1n) is 7.75. The van der Waals surface area contributed by atoms with E-state index in [1.807, 2.05) is 0 Å². The van der Waals surface area contributed by atoms with E-state index >= 15 is 0 Å². The molecule has 2 saturated heterocycles. The monoisotopic (exact) mass is 362 g/mol. The fraction of sp³-hybridized carbons (Fsp3) is 0.562. The number of nitrogens with zero attached hydrogens (tertiary/aromatic N) is 1. The lowest BCUT2D eigenvalue weighted by Crippen LogP contribution is -2.39. The van der Waals surface area contributed by atoms with Crippen LogP contribution in [0.5, 0.6) is 11.5 Å². The zero-order valence-electron chi connectivity index (χ0n) is 13.3. The number of fused-ring (bicyclic) bond motifs is 2. The predicted octanol–water partition coefficient (Wildman–Crippen LogP) is 2.68. The van der Waals surface area contributed by atoms with E-state index in [1.165, 1.54) is 19.2 Å². The normalized spacial score (nSPS) is 22.8. The van der Waals surface area contributed by atoms with Crippen molar-refractivity contribution in [2.24, 2.45) is 0 Å². The molecule has 1 N–H and O–H groups in total. The summed E-state index contributed by atoms with van der Waals surface area (Å²) in [6.07, 6.45) is 3.14. The minimum absolute atomic E-state index is 0. The van der Waals surface area contributed by atoms with Crippen LogP contribution in [0.25, 0.3) is 0 Å². The van der Waals surface area contributed by atoms with E-state index in [2.05, 4.69) is 10.1 Å². The smallest absolute Gasteiger partial charge is 0.387 e. The minimum Gasteiger partial charge on any atom is -0.493 e. The van der Waals surface area contributed by atoms with Gasteiger partial charge in [0.1, 0.15) is 0 Å². The predicted molar refractivity (Wildman–Crippen MR) is 87.3 cm³/mol. The van der Waals surface area contributed by atoms with Crippen LogP contribution < -0.4 is 14.8 Å². The molecule has 3 rings (SSSR count). The first-order chi connectivity index (χ1) is 11.1. The zero-order valence-corrected chi connectivity index (χ0v) is 14.2. The molecule has 0 radical (unpaired) electrons. The molecular formula is C16H21ClF2N2O3. The number of likely N-dealkylation sites (tertiary alicyclic amines) is 1. The SMILES string of the molecule is COc1ccc(C(=O)N2CCC3CCC(C2)N3)cc1OC(F)F.Cl. The van der Waals surface area contributed by atoms with Crippen molar-refractivity contribution in [1.29, 1.82) is 0 Å². The molecule has 2 fully saturated rings. The van der Waals surface area contributed by atoms with Gasteiger partial charge in [0.2, 0.25) is 0 Å². The van der Waals surface area contributed by atoms with Crippen molar-refractivity contribution in [2.45, 2.75) is 38.0 Å². The van der Waals surface area contributed by atoms with Gasteiger partial charge in [-0.05, 0) is 37.5 Å².